The lowest BCUT2D eigenvalue weighted by Crippen LogP contribution is -2.53. The summed E-state index contributed by atoms with van der Waals surface area (Å²) in [5, 5.41) is 10.8. The molecule has 0 aliphatic rings. The van der Waals surface area contributed by atoms with Gasteiger partial charge >= 0.3 is 12.0 Å². The molecule has 0 radical (unpaired) electrons. The molecule has 0 aliphatic heterocycles. The van der Waals surface area contributed by atoms with Crippen molar-refractivity contribution in [2.24, 2.45) is 22.2 Å². The summed E-state index contributed by atoms with van der Waals surface area (Å²) in [6, 6.07) is 3.31. The SMILES string of the molecule is NC(=O)C[C@H](NNC(=O)NC(=O)c1cccc(N=C(N)N)c1)C(=O)O. The number of imide groups is 1. The molecule has 0 unspecified atom stereocenters. The maximum atomic E-state index is 11.9. The van der Waals surface area contributed by atoms with Crippen LogP contribution in [0.4, 0.5) is 10.5 Å². The molecule has 1 aromatic rings. The van der Waals surface area contributed by atoms with Crippen molar-refractivity contribution >= 4 is 35.5 Å². The molecule has 4 amide bonds. The van der Waals surface area contributed by atoms with Gasteiger partial charge in [0.05, 0.1) is 12.1 Å². The van der Waals surface area contributed by atoms with E-state index in [-0.39, 0.29) is 11.5 Å². The molecule has 0 fully saturated rings. The number of primary amides is 1. The second-order valence-electron chi connectivity index (χ2n) is 4.70. The van der Waals surface area contributed by atoms with E-state index in [2.05, 4.69) is 10.4 Å². The van der Waals surface area contributed by atoms with Gasteiger partial charge in [-0.15, -0.1) is 0 Å². The Morgan fingerprint density at radius 3 is 2.40 bits per heavy atom. The number of carbonyl (C=O) groups excluding carboxylic acids is 3. The Morgan fingerprint density at radius 2 is 1.84 bits per heavy atom. The highest BCUT2D eigenvalue weighted by atomic mass is 16.4. The number of nitrogens with zero attached hydrogens (tertiary/aromatic N) is 1. The van der Waals surface area contributed by atoms with E-state index in [4.69, 9.17) is 22.3 Å². The van der Waals surface area contributed by atoms with Crippen molar-refractivity contribution in [3.8, 4) is 0 Å². The van der Waals surface area contributed by atoms with Gasteiger partial charge in [-0.3, -0.25) is 25.1 Å². The molecule has 0 bridgehead atoms. The number of hydrogen-bond donors (Lipinski definition) is 7. The number of urea groups is 1. The molecular weight excluding hydrogens is 334 g/mol. The second kappa shape index (κ2) is 8.83. The van der Waals surface area contributed by atoms with Crippen molar-refractivity contribution < 1.29 is 24.3 Å². The fourth-order valence-corrected chi connectivity index (χ4v) is 1.63. The van der Waals surface area contributed by atoms with E-state index in [9.17, 15) is 19.2 Å². The summed E-state index contributed by atoms with van der Waals surface area (Å²) in [4.78, 5) is 48.9. The number of hydrogen-bond acceptors (Lipinski definition) is 6. The molecule has 0 spiro atoms. The highest BCUT2D eigenvalue weighted by Gasteiger charge is 2.20. The average molecular weight is 351 g/mol. The van der Waals surface area contributed by atoms with E-state index in [0.29, 0.717) is 5.69 Å². The molecule has 0 aliphatic carbocycles. The zero-order valence-corrected chi connectivity index (χ0v) is 12.9. The third-order valence-corrected chi connectivity index (χ3v) is 2.66. The second-order valence-corrected chi connectivity index (χ2v) is 4.70. The van der Waals surface area contributed by atoms with Crippen LogP contribution in [0.2, 0.25) is 0 Å². The first-order chi connectivity index (χ1) is 11.7. The topological polar surface area (TPSA) is 215 Å². The minimum absolute atomic E-state index is 0.0876. The van der Waals surface area contributed by atoms with Gasteiger partial charge in [0, 0.05) is 5.56 Å². The van der Waals surface area contributed by atoms with Crippen LogP contribution < -0.4 is 33.4 Å². The minimum atomic E-state index is -1.44. The standard InChI is InChI=1S/C13H17N7O5/c14-9(21)5-8(11(23)24)19-20-13(25)18-10(22)6-2-1-3-7(4-6)17-12(15)16/h1-4,8,19H,5H2,(H2,14,21)(H,23,24)(H4,15,16,17)(H2,18,20,22,25)/t8-/m0/s1. The van der Waals surface area contributed by atoms with Crippen molar-refractivity contribution in [1.29, 1.82) is 0 Å². The highest BCUT2D eigenvalue weighted by Crippen LogP contribution is 2.13. The first-order valence-corrected chi connectivity index (χ1v) is 6.76. The molecule has 25 heavy (non-hydrogen) atoms. The Balaban J connectivity index is 2.65. The van der Waals surface area contributed by atoms with Crippen LogP contribution in [0.25, 0.3) is 0 Å². The number of guanidine groups is 1. The Bertz CT molecular complexity index is 714. The van der Waals surface area contributed by atoms with Crippen LogP contribution in [-0.4, -0.2) is 40.9 Å². The molecule has 0 aromatic heterocycles. The Morgan fingerprint density at radius 1 is 1.16 bits per heavy atom. The lowest BCUT2D eigenvalue weighted by atomic mass is 10.2. The Kier molecular flexibility index (Phi) is 6.84. The van der Waals surface area contributed by atoms with Gasteiger partial charge in [-0.2, -0.15) is 0 Å². The van der Waals surface area contributed by atoms with Crippen molar-refractivity contribution in [1.82, 2.24) is 16.2 Å². The molecule has 12 nitrogen and oxygen atoms in total. The van der Waals surface area contributed by atoms with Gasteiger partial charge in [-0.05, 0) is 18.2 Å². The molecule has 0 saturated carbocycles. The van der Waals surface area contributed by atoms with E-state index in [0.717, 1.165) is 0 Å². The quantitative estimate of drug-likeness (QED) is 0.163. The fraction of sp³-hybridized carbons (Fsp3) is 0.154. The molecule has 12 heteroatoms. The maximum absolute atomic E-state index is 11.9. The zero-order valence-electron chi connectivity index (χ0n) is 12.9. The van der Waals surface area contributed by atoms with E-state index < -0.39 is 36.3 Å². The van der Waals surface area contributed by atoms with Crippen molar-refractivity contribution in [2.75, 3.05) is 0 Å². The van der Waals surface area contributed by atoms with E-state index in [1.54, 1.807) is 6.07 Å². The van der Waals surface area contributed by atoms with Crippen molar-refractivity contribution in [3.63, 3.8) is 0 Å². The maximum Gasteiger partial charge on any atom is 0.336 e. The van der Waals surface area contributed by atoms with Gasteiger partial charge in [0.15, 0.2) is 5.96 Å². The largest absolute Gasteiger partial charge is 0.480 e. The van der Waals surface area contributed by atoms with Crippen LogP contribution in [0.3, 0.4) is 0 Å². The van der Waals surface area contributed by atoms with Crippen LogP contribution in [0, 0.1) is 0 Å². The Labute approximate surface area is 141 Å². The molecular formula is C13H17N7O5. The number of nitrogens with two attached hydrogens (primary N) is 3. The van der Waals surface area contributed by atoms with Gasteiger partial charge < -0.3 is 22.3 Å². The number of aliphatic imine (C=N–C) groups is 1. The van der Waals surface area contributed by atoms with Gasteiger partial charge in [-0.1, -0.05) is 6.07 Å². The van der Waals surface area contributed by atoms with Gasteiger partial charge in [0.2, 0.25) is 5.91 Å². The van der Waals surface area contributed by atoms with E-state index >= 15 is 0 Å². The summed E-state index contributed by atoms with van der Waals surface area (Å²) >= 11 is 0. The van der Waals surface area contributed by atoms with Crippen molar-refractivity contribution in [3.05, 3.63) is 29.8 Å². The number of hydrazine groups is 1. The number of carbonyl (C=O) groups is 4. The van der Waals surface area contributed by atoms with Gasteiger partial charge in [0.1, 0.15) is 6.04 Å². The number of benzene rings is 1. The number of amides is 4. The number of rotatable bonds is 7. The summed E-state index contributed by atoms with van der Waals surface area (Å²) in [7, 11) is 0. The summed E-state index contributed by atoms with van der Waals surface area (Å²) in [5.41, 5.74) is 19.8. The van der Waals surface area contributed by atoms with Crippen LogP contribution in [0.1, 0.15) is 16.8 Å². The predicted octanol–water partition coefficient (Wildman–Crippen LogP) is -2.14. The van der Waals surface area contributed by atoms with E-state index in [1.807, 2.05) is 10.7 Å². The van der Waals surface area contributed by atoms with Crippen LogP contribution in [0.15, 0.2) is 29.3 Å². The molecule has 10 N–H and O–H groups in total. The fourth-order valence-electron chi connectivity index (χ4n) is 1.63. The summed E-state index contributed by atoms with van der Waals surface area (Å²) in [6.45, 7) is 0. The first-order valence-electron chi connectivity index (χ1n) is 6.76. The number of aliphatic carboxylic acids is 1. The predicted molar refractivity (Wildman–Crippen MR) is 86.3 cm³/mol. The zero-order chi connectivity index (χ0) is 19.0. The van der Waals surface area contributed by atoms with E-state index in [1.165, 1.54) is 18.2 Å². The van der Waals surface area contributed by atoms with Crippen LogP contribution in [0.5, 0.6) is 0 Å². The van der Waals surface area contributed by atoms with Crippen LogP contribution in [-0.2, 0) is 9.59 Å². The average Bonchev–Trinajstić information content (AvgIpc) is 2.50. The lowest BCUT2D eigenvalue weighted by molar-refractivity contribution is -0.141. The monoisotopic (exact) mass is 351 g/mol. The summed E-state index contributed by atoms with van der Waals surface area (Å²) in [5.74, 6) is -3.27. The molecule has 134 valence electrons. The number of carboxylic acid groups (broad SMARTS) is 1. The molecule has 1 atom stereocenters. The van der Waals surface area contributed by atoms with Gasteiger partial charge in [0.25, 0.3) is 5.91 Å². The molecule has 1 rings (SSSR count). The molecule has 1 aromatic carbocycles. The van der Waals surface area contributed by atoms with Crippen LogP contribution >= 0.6 is 0 Å². The third-order valence-electron chi connectivity index (χ3n) is 2.66. The summed E-state index contributed by atoms with van der Waals surface area (Å²) < 4.78 is 0. The number of carboxylic acids is 1. The van der Waals surface area contributed by atoms with Gasteiger partial charge in [-0.25, -0.2) is 15.2 Å². The third kappa shape index (κ3) is 6.96. The number of nitrogens with one attached hydrogen (secondary N) is 3. The Hall–Kier alpha value is -3.67. The molecule has 0 heterocycles. The normalized spacial score (nSPS) is 11.0. The first kappa shape index (κ1) is 19.4. The smallest absolute Gasteiger partial charge is 0.336 e. The molecule has 0 saturated heterocycles. The minimum Gasteiger partial charge on any atom is -0.480 e. The van der Waals surface area contributed by atoms with Crippen molar-refractivity contribution in [2.45, 2.75) is 12.5 Å². The lowest BCUT2D eigenvalue weighted by Gasteiger charge is -2.14. The highest BCUT2D eigenvalue weighted by molar-refractivity contribution is 6.04. The summed E-state index contributed by atoms with van der Waals surface area (Å²) in [6.07, 6.45) is -0.551.